The molecule has 100 valence electrons. The number of hydrogen-bond acceptors (Lipinski definition) is 4. The molecule has 2 rings (SSSR count). The minimum absolute atomic E-state index is 0.325. The molecular weight excluding hydrogens is 254 g/mol. The first-order chi connectivity index (χ1) is 9.08. The van der Waals surface area contributed by atoms with Crippen molar-refractivity contribution in [2.24, 2.45) is 0 Å². The topological polar surface area (TPSA) is 37.8 Å². The van der Waals surface area contributed by atoms with E-state index in [0.717, 1.165) is 15.7 Å². The lowest BCUT2D eigenvalue weighted by atomic mass is 10.1. The van der Waals surface area contributed by atoms with Gasteiger partial charge in [0, 0.05) is 17.9 Å². The lowest BCUT2D eigenvalue weighted by Gasteiger charge is -2.10. The Kier molecular flexibility index (Phi) is 4.56. The van der Waals surface area contributed by atoms with Crippen LogP contribution in [0.2, 0.25) is 0 Å². The van der Waals surface area contributed by atoms with E-state index in [1.165, 1.54) is 11.1 Å². The van der Waals surface area contributed by atoms with Crippen molar-refractivity contribution in [2.75, 3.05) is 7.05 Å². The van der Waals surface area contributed by atoms with Gasteiger partial charge in [0.25, 0.3) is 0 Å². The van der Waals surface area contributed by atoms with E-state index < -0.39 is 0 Å². The van der Waals surface area contributed by atoms with Gasteiger partial charge in [0.2, 0.25) is 0 Å². The van der Waals surface area contributed by atoms with E-state index in [-0.39, 0.29) is 0 Å². The van der Waals surface area contributed by atoms with Crippen molar-refractivity contribution in [2.45, 2.75) is 36.9 Å². The number of aryl methyl sites for hydroxylation is 2. The van der Waals surface area contributed by atoms with E-state index >= 15 is 0 Å². The quantitative estimate of drug-likeness (QED) is 0.925. The summed E-state index contributed by atoms with van der Waals surface area (Å²) in [6.07, 6.45) is 1.92. The first-order valence-electron chi connectivity index (χ1n) is 6.35. The normalized spacial score (nSPS) is 12.4. The fourth-order valence-electron chi connectivity index (χ4n) is 1.84. The van der Waals surface area contributed by atoms with Gasteiger partial charge in [-0.1, -0.05) is 17.8 Å². The summed E-state index contributed by atoms with van der Waals surface area (Å²) in [5, 5.41) is 5.18. The second kappa shape index (κ2) is 6.17. The highest BCUT2D eigenvalue weighted by molar-refractivity contribution is 7.99. The molecule has 0 amide bonds. The summed E-state index contributed by atoms with van der Waals surface area (Å²) in [7, 11) is 1.95. The molecular formula is C15H19N3S. The van der Waals surface area contributed by atoms with Gasteiger partial charge in [-0.05, 0) is 57.1 Å². The van der Waals surface area contributed by atoms with E-state index in [4.69, 9.17) is 0 Å². The van der Waals surface area contributed by atoms with Crippen molar-refractivity contribution in [3.63, 3.8) is 0 Å². The van der Waals surface area contributed by atoms with Crippen LogP contribution in [-0.4, -0.2) is 17.0 Å². The third kappa shape index (κ3) is 3.78. The SMILES string of the molecule is CNC(C)c1ccc(Sc2cc(C)cc(C)n2)nc1. The van der Waals surface area contributed by atoms with Crippen molar-refractivity contribution < 1.29 is 0 Å². The van der Waals surface area contributed by atoms with E-state index in [9.17, 15) is 0 Å². The molecule has 0 bridgehead atoms. The average Bonchev–Trinajstić information content (AvgIpc) is 2.37. The van der Waals surface area contributed by atoms with Gasteiger partial charge in [0.05, 0.1) is 0 Å². The monoisotopic (exact) mass is 273 g/mol. The van der Waals surface area contributed by atoms with Crippen LogP contribution in [0, 0.1) is 13.8 Å². The van der Waals surface area contributed by atoms with Crippen molar-refractivity contribution in [1.82, 2.24) is 15.3 Å². The van der Waals surface area contributed by atoms with Gasteiger partial charge in [0.15, 0.2) is 0 Å². The molecule has 0 aliphatic rings. The molecule has 0 aliphatic heterocycles. The van der Waals surface area contributed by atoms with Crippen LogP contribution in [-0.2, 0) is 0 Å². The molecule has 2 aromatic rings. The average molecular weight is 273 g/mol. The predicted octanol–water partition coefficient (Wildman–Crippen LogP) is 3.53. The molecule has 1 N–H and O–H groups in total. The van der Waals surface area contributed by atoms with Crippen LogP contribution in [0.4, 0.5) is 0 Å². The van der Waals surface area contributed by atoms with Crippen LogP contribution >= 0.6 is 11.8 Å². The third-order valence-electron chi connectivity index (χ3n) is 2.98. The minimum Gasteiger partial charge on any atom is -0.313 e. The second-order valence-corrected chi connectivity index (χ2v) is 5.71. The van der Waals surface area contributed by atoms with Gasteiger partial charge in [-0.3, -0.25) is 0 Å². The highest BCUT2D eigenvalue weighted by atomic mass is 32.2. The molecule has 2 aromatic heterocycles. The zero-order valence-corrected chi connectivity index (χ0v) is 12.6. The first kappa shape index (κ1) is 14.0. The number of hydrogen-bond donors (Lipinski definition) is 1. The van der Waals surface area contributed by atoms with E-state index in [2.05, 4.69) is 47.3 Å². The van der Waals surface area contributed by atoms with Crippen LogP contribution in [0.25, 0.3) is 0 Å². The second-order valence-electron chi connectivity index (χ2n) is 4.67. The predicted molar refractivity (Wildman–Crippen MR) is 79.5 cm³/mol. The molecule has 0 fully saturated rings. The highest BCUT2D eigenvalue weighted by Gasteiger charge is 2.05. The Morgan fingerprint density at radius 1 is 1.16 bits per heavy atom. The highest BCUT2D eigenvalue weighted by Crippen LogP contribution is 2.26. The van der Waals surface area contributed by atoms with Crippen molar-refractivity contribution in [3.8, 4) is 0 Å². The van der Waals surface area contributed by atoms with Crippen LogP contribution in [0.3, 0.4) is 0 Å². The largest absolute Gasteiger partial charge is 0.313 e. The zero-order valence-electron chi connectivity index (χ0n) is 11.8. The zero-order chi connectivity index (χ0) is 13.8. The standard InChI is InChI=1S/C15H19N3S/c1-10-7-11(2)18-15(8-10)19-14-6-5-13(9-17-14)12(3)16-4/h5-9,12,16H,1-4H3. The molecule has 0 aromatic carbocycles. The summed E-state index contributed by atoms with van der Waals surface area (Å²) < 4.78 is 0. The maximum Gasteiger partial charge on any atom is 0.103 e. The number of nitrogens with zero attached hydrogens (tertiary/aromatic N) is 2. The molecule has 0 saturated heterocycles. The number of aromatic nitrogens is 2. The Morgan fingerprint density at radius 2 is 1.95 bits per heavy atom. The van der Waals surface area contributed by atoms with Gasteiger partial charge in [-0.25, -0.2) is 9.97 Å². The van der Waals surface area contributed by atoms with E-state index in [0.29, 0.717) is 6.04 Å². The molecule has 0 saturated carbocycles. The van der Waals surface area contributed by atoms with Crippen LogP contribution in [0.5, 0.6) is 0 Å². The van der Waals surface area contributed by atoms with E-state index in [1.807, 2.05) is 26.2 Å². The smallest absolute Gasteiger partial charge is 0.103 e. The summed E-state index contributed by atoms with van der Waals surface area (Å²) in [6, 6.07) is 8.65. The van der Waals surface area contributed by atoms with Crippen LogP contribution in [0.15, 0.2) is 40.5 Å². The molecule has 0 spiro atoms. The Morgan fingerprint density at radius 3 is 2.53 bits per heavy atom. The fraction of sp³-hybridized carbons (Fsp3) is 0.333. The summed E-state index contributed by atoms with van der Waals surface area (Å²) in [5.41, 5.74) is 3.47. The maximum absolute atomic E-state index is 4.51. The number of rotatable bonds is 4. The maximum atomic E-state index is 4.51. The van der Waals surface area contributed by atoms with Crippen LogP contribution < -0.4 is 5.32 Å². The number of pyridine rings is 2. The molecule has 1 unspecified atom stereocenters. The summed E-state index contributed by atoms with van der Waals surface area (Å²) >= 11 is 1.60. The van der Waals surface area contributed by atoms with Gasteiger partial charge >= 0.3 is 0 Å². The Labute approximate surface area is 118 Å². The molecule has 3 nitrogen and oxygen atoms in total. The van der Waals surface area contributed by atoms with Crippen LogP contribution in [0.1, 0.15) is 29.8 Å². The van der Waals surface area contributed by atoms with Crippen molar-refractivity contribution in [1.29, 1.82) is 0 Å². The number of nitrogens with one attached hydrogen (secondary N) is 1. The van der Waals surface area contributed by atoms with Gasteiger partial charge in [-0.2, -0.15) is 0 Å². The Bertz CT molecular complexity index is 532. The first-order valence-corrected chi connectivity index (χ1v) is 7.16. The van der Waals surface area contributed by atoms with Gasteiger partial charge in [-0.15, -0.1) is 0 Å². The van der Waals surface area contributed by atoms with Crippen molar-refractivity contribution >= 4 is 11.8 Å². The molecule has 1 atom stereocenters. The molecule has 0 aliphatic carbocycles. The summed E-state index contributed by atoms with van der Waals surface area (Å²) in [4.78, 5) is 9.00. The Balaban J connectivity index is 2.15. The molecule has 4 heteroatoms. The lowest BCUT2D eigenvalue weighted by Crippen LogP contribution is -2.12. The van der Waals surface area contributed by atoms with E-state index in [1.54, 1.807) is 11.8 Å². The molecule has 2 heterocycles. The third-order valence-corrected chi connectivity index (χ3v) is 3.84. The summed E-state index contributed by atoms with van der Waals surface area (Å²) in [6.45, 7) is 6.22. The van der Waals surface area contributed by atoms with Crippen molar-refractivity contribution in [3.05, 3.63) is 47.3 Å². The van der Waals surface area contributed by atoms with Gasteiger partial charge < -0.3 is 5.32 Å². The summed E-state index contributed by atoms with van der Waals surface area (Å²) in [5.74, 6) is 0. The Hall–Kier alpha value is -1.39. The van der Waals surface area contributed by atoms with Gasteiger partial charge in [0.1, 0.15) is 10.1 Å². The molecule has 0 radical (unpaired) electrons. The lowest BCUT2D eigenvalue weighted by molar-refractivity contribution is 0.648. The fourth-order valence-corrected chi connectivity index (χ4v) is 2.73. The minimum atomic E-state index is 0.325. The molecule has 19 heavy (non-hydrogen) atoms.